The average molecular weight is 311 g/mol. The van der Waals surface area contributed by atoms with Crippen LogP contribution < -0.4 is 10.6 Å². The maximum absolute atomic E-state index is 12.5. The molecule has 0 radical (unpaired) electrons. The van der Waals surface area contributed by atoms with Crippen LogP contribution in [0.15, 0.2) is 29.2 Å². The Labute approximate surface area is 125 Å². The molecular formula is C14H21N3O3S. The lowest BCUT2D eigenvalue weighted by atomic mass is 10.1. The van der Waals surface area contributed by atoms with Gasteiger partial charge in [-0.3, -0.25) is 4.79 Å². The van der Waals surface area contributed by atoms with E-state index in [0.29, 0.717) is 24.6 Å². The van der Waals surface area contributed by atoms with Crippen LogP contribution in [0.4, 0.5) is 0 Å². The lowest BCUT2D eigenvalue weighted by molar-refractivity contribution is 0.0963. The van der Waals surface area contributed by atoms with Crippen molar-refractivity contribution in [2.24, 2.45) is 5.92 Å². The van der Waals surface area contributed by atoms with Gasteiger partial charge in [-0.1, -0.05) is 0 Å². The summed E-state index contributed by atoms with van der Waals surface area (Å²) in [5, 5.41) is 5.59. The molecule has 116 valence electrons. The van der Waals surface area contributed by atoms with Crippen LogP contribution in [0, 0.1) is 5.92 Å². The van der Waals surface area contributed by atoms with Gasteiger partial charge in [0, 0.05) is 25.7 Å². The minimum atomic E-state index is -3.47. The lowest BCUT2D eigenvalue weighted by Gasteiger charge is -2.16. The first-order valence-electron chi connectivity index (χ1n) is 6.96. The van der Waals surface area contributed by atoms with Gasteiger partial charge >= 0.3 is 0 Å². The molecule has 0 spiro atoms. The predicted octanol–water partition coefficient (Wildman–Crippen LogP) is 0.276. The van der Waals surface area contributed by atoms with Crippen molar-refractivity contribution in [3.8, 4) is 0 Å². The van der Waals surface area contributed by atoms with E-state index >= 15 is 0 Å². The van der Waals surface area contributed by atoms with Gasteiger partial charge in [0.05, 0.1) is 4.90 Å². The Morgan fingerprint density at radius 2 is 1.95 bits per heavy atom. The second-order valence-electron chi connectivity index (χ2n) is 5.18. The monoisotopic (exact) mass is 311 g/mol. The van der Waals surface area contributed by atoms with Crippen LogP contribution in [0.1, 0.15) is 16.8 Å². The number of hydrogen-bond donors (Lipinski definition) is 2. The Balaban J connectivity index is 2.15. The molecule has 21 heavy (non-hydrogen) atoms. The predicted molar refractivity (Wildman–Crippen MR) is 80.6 cm³/mol. The molecule has 6 nitrogen and oxygen atoms in total. The van der Waals surface area contributed by atoms with Crippen molar-refractivity contribution in [2.75, 3.05) is 33.7 Å². The minimum absolute atomic E-state index is 0.228. The highest BCUT2D eigenvalue weighted by atomic mass is 32.2. The molecule has 1 heterocycles. The van der Waals surface area contributed by atoms with Gasteiger partial charge in [-0.25, -0.2) is 8.42 Å². The van der Waals surface area contributed by atoms with Crippen molar-refractivity contribution in [3.63, 3.8) is 0 Å². The van der Waals surface area contributed by atoms with E-state index in [9.17, 15) is 13.2 Å². The standard InChI is InChI=1S/C14H21N3O3S/c1-15-9-11-7-8-17(10-11)21(19,20)13-5-3-12(4-6-13)14(18)16-2/h3-6,11,15H,7-10H2,1-2H3,(H,16,18)/t11-/m1/s1. The van der Waals surface area contributed by atoms with E-state index in [4.69, 9.17) is 0 Å². The topological polar surface area (TPSA) is 78.5 Å². The molecule has 1 aliphatic rings. The highest BCUT2D eigenvalue weighted by Gasteiger charge is 2.32. The van der Waals surface area contributed by atoms with Gasteiger partial charge < -0.3 is 10.6 Å². The van der Waals surface area contributed by atoms with Crippen molar-refractivity contribution in [3.05, 3.63) is 29.8 Å². The van der Waals surface area contributed by atoms with Crippen LogP contribution in [0.2, 0.25) is 0 Å². The normalized spacial score (nSPS) is 19.6. The van der Waals surface area contributed by atoms with Gasteiger partial charge in [0.2, 0.25) is 10.0 Å². The molecule has 1 aromatic carbocycles. The minimum Gasteiger partial charge on any atom is -0.355 e. The van der Waals surface area contributed by atoms with Crippen LogP contribution in [0.5, 0.6) is 0 Å². The highest BCUT2D eigenvalue weighted by Crippen LogP contribution is 2.24. The number of rotatable bonds is 5. The SMILES string of the molecule is CNC[C@H]1CCN(S(=O)(=O)c2ccc(C(=O)NC)cc2)C1. The average Bonchev–Trinajstić information content (AvgIpc) is 2.96. The highest BCUT2D eigenvalue weighted by molar-refractivity contribution is 7.89. The molecule has 1 amide bonds. The second kappa shape index (κ2) is 6.55. The number of hydrogen-bond acceptors (Lipinski definition) is 4. The fourth-order valence-corrected chi connectivity index (χ4v) is 4.07. The van der Waals surface area contributed by atoms with E-state index in [-0.39, 0.29) is 10.8 Å². The largest absolute Gasteiger partial charge is 0.355 e. The van der Waals surface area contributed by atoms with Crippen molar-refractivity contribution in [1.29, 1.82) is 0 Å². The molecule has 0 bridgehead atoms. The van der Waals surface area contributed by atoms with Crippen molar-refractivity contribution >= 4 is 15.9 Å². The van der Waals surface area contributed by atoms with Gasteiger partial charge in [-0.15, -0.1) is 0 Å². The molecule has 0 aromatic heterocycles. The maximum Gasteiger partial charge on any atom is 0.251 e. The molecule has 1 saturated heterocycles. The molecule has 0 unspecified atom stereocenters. The molecule has 0 saturated carbocycles. The molecular weight excluding hydrogens is 290 g/mol. The molecule has 1 aromatic rings. The van der Waals surface area contributed by atoms with Crippen LogP contribution in [0.25, 0.3) is 0 Å². The molecule has 1 aliphatic heterocycles. The summed E-state index contributed by atoms with van der Waals surface area (Å²) < 4.78 is 26.6. The second-order valence-corrected chi connectivity index (χ2v) is 7.12. The molecule has 2 rings (SSSR count). The van der Waals surface area contributed by atoms with Gasteiger partial charge in [0.1, 0.15) is 0 Å². The van der Waals surface area contributed by atoms with Crippen molar-refractivity contribution in [1.82, 2.24) is 14.9 Å². The van der Waals surface area contributed by atoms with Crippen LogP contribution in [-0.4, -0.2) is 52.4 Å². The number of carbonyl (C=O) groups excluding carboxylic acids is 1. The Morgan fingerprint density at radius 1 is 1.29 bits per heavy atom. The zero-order valence-corrected chi connectivity index (χ0v) is 13.1. The van der Waals surface area contributed by atoms with E-state index in [1.54, 1.807) is 7.05 Å². The third kappa shape index (κ3) is 3.42. The molecule has 2 N–H and O–H groups in total. The number of nitrogens with zero attached hydrogens (tertiary/aromatic N) is 1. The summed E-state index contributed by atoms with van der Waals surface area (Å²) in [4.78, 5) is 11.7. The Hall–Kier alpha value is -1.44. The summed E-state index contributed by atoms with van der Waals surface area (Å²) in [6.45, 7) is 1.91. The van der Waals surface area contributed by atoms with E-state index in [1.165, 1.54) is 28.6 Å². The van der Waals surface area contributed by atoms with E-state index < -0.39 is 10.0 Å². The van der Waals surface area contributed by atoms with E-state index in [0.717, 1.165) is 13.0 Å². The fraction of sp³-hybridized carbons (Fsp3) is 0.500. The smallest absolute Gasteiger partial charge is 0.251 e. The summed E-state index contributed by atoms with van der Waals surface area (Å²) in [5.74, 6) is 0.129. The molecule has 7 heteroatoms. The first kappa shape index (κ1) is 15.9. The molecule has 1 fully saturated rings. The van der Waals surface area contributed by atoms with Crippen molar-refractivity contribution < 1.29 is 13.2 Å². The van der Waals surface area contributed by atoms with Gasteiger partial charge in [0.25, 0.3) is 5.91 Å². The van der Waals surface area contributed by atoms with Crippen LogP contribution in [-0.2, 0) is 10.0 Å². The third-order valence-electron chi connectivity index (χ3n) is 3.72. The van der Waals surface area contributed by atoms with Gasteiger partial charge in [-0.05, 0) is 50.2 Å². The maximum atomic E-state index is 12.5. The number of benzene rings is 1. The van der Waals surface area contributed by atoms with Crippen LogP contribution in [0.3, 0.4) is 0 Å². The zero-order valence-electron chi connectivity index (χ0n) is 12.3. The summed E-state index contributed by atoms with van der Waals surface area (Å²) in [7, 11) is -0.0548. The number of nitrogens with one attached hydrogen (secondary N) is 2. The Morgan fingerprint density at radius 3 is 2.52 bits per heavy atom. The lowest BCUT2D eigenvalue weighted by Crippen LogP contribution is -2.30. The first-order valence-corrected chi connectivity index (χ1v) is 8.40. The molecule has 0 aliphatic carbocycles. The summed E-state index contributed by atoms with van der Waals surface area (Å²) in [5.41, 5.74) is 0.450. The van der Waals surface area contributed by atoms with Crippen LogP contribution >= 0.6 is 0 Å². The van der Waals surface area contributed by atoms with Gasteiger partial charge in [-0.2, -0.15) is 4.31 Å². The molecule has 1 atom stereocenters. The van der Waals surface area contributed by atoms with E-state index in [2.05, 4.69) is 10.6 Å². The summed E-state index contributed by atoms with van der Waals surface area (Å²) in [6.07, 6.45) is 0.871. The third-order valence-corrected chi connectivity index (χ3v) is 5.60. The number of amides is 1. The van der Waals surface area contributed by atoms with Crippen molar-refractivity contribution in [2.45, 2.75) is 11.3 Å². The summed E-state index contributed by atoms with van der Waals surface area (Å²) >= 11 is 0. The number of carbonyl (C=O) groups is 1. The van der Waals surface area contributed by atoms with E-state index in [1.807, 2.05) is 7.05 Å². The zero-order chi connectivity index (χ0) is 15.5. The fourth-order valence-electron chi connectivity index (χ4n) is 2.54. The Bertz CT molecular complexity index is 598. The quantitative estimate of drug-likeness (QED) is 0.818. The van der Waals surface area contributed by atoms with Gasteiger partial charge in [0.15, 0.2) is 0 Å². The number of sulfonamides is 1. The first-order chi connectivity index (χ1) is 9.98. The summed E-state index contributed by atoms with van der Waals surface area (Å²) in [6, 6.07) is 6.05. The Kier molecular flexibility index (Phi) is 4.97.